The van der Waals surface area contributed by atoms with E-state index >= 15 is 0 Å². The molecule has 0 fully saturated rings. The minimum Gasteiger partial charge on any atom is -0.441 e. The lowest BCUT2D eigenvalue weighted by Gasteiger charge is -2.05. The van der Waals surface area contributed by atoms with Gasteiger partial charge >= 0.3 is 0 Å². The van der Waals surface area contributed by atoms with Gasteiger partial charge in [-0.3, -0.25) is 0 Å². The number of hydrogen-bond acceptors (Lipinski definition) is 3. The summed E-state index contributed by atoms with van der Waals surface area (Å²) < 4.78 is 31.9. The fourth-order valence-corrected chi connectivity index (χ4v) is 2.01. The van der Waals surface area contributed by atoms with Crippen LogP contribution < -0.4 is 5.32 Å². The van der Waals surface area contributed by atoms with Crippen LogP contribution in [-0.2, 0) is 6.42 Å². The second kappa shape index (κ2) is 7.31. The van der Waals surface area contributed by atoms with Crippen LogP contribution in [0.4, 0.5) is 8.78 Å². The van der Waals surface area contributed by atoms with E-state index in [1.165, 1.54) is 18.3 Å². The predicted molar refractivity (Wildman–Crippen MR) is 77.9 cm³/mol. The molecule has 1 heterocycles. The minimum absolute atomic E-state index is 0.365. The summed E-state index contributed by atoms with van der Waals surface area (Å²) in [6, 6.07) is 3.30. The number of aryl methyl sites for hydroxylation is 1. The third-order valence-corrected chi connectivity index (χ3v) is 3.00. The summed E-state index contributed by atoms with van der Waals surface area (Å²) >= 11 is 0. The molecule has 0 aliphatic carbocycles. The molecule has 21 heavy (non-hydrogen) atoms. The van der Waals surface area contributed by atoms with Crippen molar-refractivity contribution in [1.29, 1.82) is 0 Å². The van der Waals surface area contributed by atoms with Gasteiger partial charge in [0.1, 0.15) is 11.6 Å². The number of nitrogens with one attached hydrogen (secondary N) is 1. The fourth-order valence-electron chi connectivity index (χ4n) is 2.01. The van der Waals surface area contributed by atoms with E-state index in [0.29, 0.717) is 29.6 Å². The van der Waals surface area contributed by atoms with Gasteiger partial charge in [-0.15, -0.1) is 0 Å². The van der Waals surface area contributed by atoms with E-state index in [1.807, 2.05) is 0 Å². The van der Waals surface area contributed by atoms with Gasteiger partial charge in [0.25, 0.3) is 0 Å². The number of nitrogens with zero attached hydrogens (tertiary/aromatic N) is 1. The Balaban J connectivity index is 1.89. The van der Waals surface area contributed by atoms with Crippen molar-refractivity contribution in [2.24, 2.45) is 5.92 Å². The topological polar surface area (TPSA) is 38.1 Å². The molecule has 1 aromatic heterocycles. The average Bonchev–Trinajstić information content (AvgIpc) is 2.85. The van der Waals surface area contributed by atoms with Gasteiger partial charge in [-0.1, -0.05) is 13.8 Å². The third-order valence-electron chi connectivity index (χ3n) is 3.00. The number of rotatable bonds is 7. The lowest BCUT2D eigenvalue weighted by molar-refractivity contribution is 0.482. The van der Waals surface area contributed by atoms with Crippen molar-refractivity contribution < 1.29 is 13.2 Å². The van der Waals surface area contributed by atoms with Gasteiger partial charge in [-0.05, 0) is 37.6 Å². The van der Waals surface area contributed by atoms with Crippen LogP contribution in [0.2, 0.25) is 0 Å². The molecule has 2 aromatic rings. The average molecular weight is 294 g/mol. The van der Waals surface area contributed by atoms with Gasteiger partial charge in [0.2, 0.25) is 0 Å². The first kappa shape index (κ1) is 15.6. The number of hydrogen-bond donors (Lipinski definition) is 1. The van der Waals surface area contributed by atoms with Crippen LogP contribution in [0.5, 0.6) is 0 Å². The summed E-state index contributed by atoms with van der Waals surface area (Å²) in [5.74, 6) is 0.349. The number of aromatic nitrogens is 1. The number of oxazole rings is 1. The molecule has 2 rings (SSSR count). The van der Waals surface area contributed by atoms with Crippen molar-refractivity contribution in [2.45, 2.75) is 26.7 Å². The highest BCUT2D eigenvalue weighted by Crippen LogP contribution is 2.22. The molecule has 1 aromatic carbocycles. The first-order valence-electron chi connectivity index (χ1n) is 7.16. The van der Waals surface area contributed by atoms with Crippen molar-refractivity contribution >= 4 is 0 Å². The molecule has 0 saturated carbocycles. The van der Waals surface area contributed by atoms with Gasteiger partial charge < -0.3 is 9.73 Å². The minimum atomic E-state index is -0.624. The highest BCUT2D eigenvalue weighted by Gasteiger charge is 2.09. The molecule has 0 saturated heterocycles. The van der Waals surface area contributed by atoms with Crippen LogP contribution in [0.25, 0.3) is 11.3 Å². The van der Waals surface area contributed by atoms with E-state index in [-0.39, 0.29) is 0 Å². The first-order chi connectivity index (χ1) is 10.0. The second-order valence-corrected chi connectivity index (χ2v) is 5.48. The third kappa shape index (κ3) is 4.93. The van der Waals surface area contributed by atoms with Gasteiger partial charge in [0.15, 0.2) is 11.7 Å². The maximum absolute atomic E-state index is 13.2. The van der Waals surface area contributed by atoms with Crippen molar-refractivity contribution in [3.8, 4) is 11.3 Å². The maximum Gasteiger partial charge on any atom is 0.194 e. The van der Waals surface area contributed by atoms with Crippen molar-refractivity contribution in [3.05, 3.63) is 41.9 Å². The van der Waals surface area contributed by atoms with Crippen LogP contribution in [-0.4, -0.2) is 18.1 Å². The molecule has 0 spiro atoms. The molecule has 0 atom stereocenters. The quantitative estimate of drug-likeness (QED) is 0.789. The maximum atomic E-state index is 13.2. The summed E-state index contributed by atoms with van der Waals surface area (Å²) in [5.41, 5.74) is 0.365. The molecule has 0 aliphatic rings. The molecular weight excluding hydrogens is 274 g/mol. The van der Waals surface area contributed by atoms with E-state index in [2.05, 4.69) is 24.1 Å². The smallest absolute Gasteiger partial charge is 0.194 e. The zero-order chi connectivity index (χ0) is 15.2. The van der Waals surface area contributed by atoms with Crippen molar-refractivity contribution in [3.63, 3.8) is 0 Å². The van der Waals surface area contributed by atoms with E-state index in [4.69, 9.17) is 4.42 Å². The molecule has 0 unspecified atom stereocenters. The van der Waals surface area contributed by atoms with Gasteiger partial charge in [0, 0.05) is 18.1 Å². The van der Waals surface area contributed by atoms with Gasteiger partial charge in [-0.25, -0.2) is 13.8 Å². The molecule has 0 amide bonds. The van der Waals surface area contributed by atoms with Crippen LogP contribution >= 0.6 is 0 Å². The van der Waals surface area contributed by atoms with E-state index in [9.17, 15) is 8.78 Å². The Labute approximate surface area is 123 Å². The molecule has 3 nitrogen and oxygen atoms in total. The lowest BCUT2D eigenvalue weighted by Crippen LogP contribution is -2.21. The summed E-state index contributed by atoms with van der Waals surface area (Å²) in [5, 5.41) is 3.34. The SMILES string of the molecule is CC(C)CNCCCc1ncc(-c2cc(F)cc(F)c2)o1. The number of halogens is 2. The monoisotopic (exact) mass is 294 g/mol. The first-order valence-corrected chi connectivity index (χ1v) is 7.16. The molecule has 5 heteroatoms. The highest BCUT2D eigenvalue weighted by atomic mass is 19.1. The van der Waals surface area contributed by atoms with Crippen molar-refractivity contribution in [2.75, 3.05) is 13.1 Å². The van der Waals surface area contributed by atoms with Gasteiger partial charge in [0.05, 0.1) is 6.20 Å². The molecular formula is C16H20F2N2O. The van der Waals surface area contributed by atoms with Gasteiger partial charge in [-0.2, -0.15) is 0 Å². The Morgan fingerprint density at radius 3 is 2.57 bits per heavy atom. The Hall–Kier alpha value is -1.75. The summed E-state index contributed by atoms with van der Waals surface area (Å²) in [4.78, 5) is 4.15. The molecule has 0 aliphatic heterocycles. The molecule has 0 radical (unpaired) electrons. The molecule has 114 valence electrons. The van der Waals surface area contributed by atoms with Crippen LogP contribution in [0.1, 0.15) is 26.2 Å². The van der Waals surface area contributed by atoms with Crippen LogP contribution in [0.15, 0.2) is 28.8 Å². The highest BCUT2D eigenvalue weighted by molar-refractivity contribution is 5.56. The zero-order valence-electron chi connectivity index (χ0n) is 12.3. The standard InChI is InChI=1S/C16H20F2N2O/c1-11(2)9-19-5-3-4-16-20-10-15(21-16)12-6-13(17)8-14(18)7-12/h6-8,10-11,19H,3-5,9H2,1-2H3. The normalized spacial score (nSPS) is 11.3. The van der Waals surface area contributed by atoms with E-state index < -0.39 is 11.6 Å². The Morgan fingerprint density at radius 1 is 1.19 bits per heavy atom. The Morgan fingerprint density at radius 2 is 1.90 bits per heavy atom. The van der Waals surface area contributed by atoms with Crippen molar-refractivity contribution in [1.82, 2.24) is 10.3 Å². The molecule has 0 bridgehead atoms. The Bertz CT molecular complexity index is 561. The summed E-state index contributed by atoms with van der Waals surface area (Å²) in [7, 11) is 0. The van der Waals surface area contributed by atoms with E-state index in [1.54, 1.807) is 0 Å². The lowest BCUT2D eigenvalue weighted by atomic mass is 10.2. The largest absolute Gasteiger partial charge is 0.441 e. The zero-order valence-corrected chi connectivity index (χ0v) is 12.3. The Kier molecular flexibility index (Phi) is 5.44. The van der Waals surface area contributed by atoms with Crippen LogP contribution in [0.3, 0.4) is 0 Å². The number of benzene rings is 1. The van der Waals surface area contributed by atoms with Crippen LogP contribution in [0, 0.1) is 17.6 Å². The summed E-state index contributed by atoms with van der Waals surface area (Å²) in [6.07, 6.45) is 3.11. The van der Waals surface area contributed by atoms with E-state index in [0.717, 1.165) is 25.6 Å². The second-order valence-electron chi connectivity index (χ2n) is 5.48. The molecule has 1 N–H and O–H groups in total. The fraction of sp³-hybridized carbons (Fsp3) is 0.438. The summed E-state index contributed by atoms with van der Waals surface area (Å²) in [6.45, 7) is 6.20. The predicted octanol–water partition coefficient (Wildman–Crippen LogP) is 3.80.